The normalized spacial score (nSPS) is 12.7. The van der Waals surface area contributed by atoms with Gasteiger partial charge in [-0.05, 0) is 37.3 Å². The van der Waals surface area contributed by atoms with Crippen molar-refractivity contribution in [2.45, 2.75) is 60.3 Å². The predicted octanol–water partition coefficient (Wildman–Crippen LogP) is 3.51. The summed E-state index contributed by atoms with van der Waals surface area (Å²) >= 11 is 0. The SMILES string of the molecule is CCC(CC)CN(CC)CC(CC)(CC)CN. The van der Waals surface area contributed by atoms with Crippen molar-refractivity contribution in [1.29, 1.82) is 0 Å². The molecule has 0 atom stereocenters. The molecule has 0 aromatic carbocycles. The van der Waals surface area contributed by atoms with E-state index in [2.05, 4.69) is 39.5 Å². The standard InChI is InChI=1S/C15H34N2/c1-6-14(7-2)11-17(10-5)13-15(8-3,9-4)12-16/h14H,6-13,16H2,1-5H3. The van der Waals surface area contributed by atoms with Gasteiger partial charge in [0.25, 0.3) is 0 Å². The van der Waals surface area contributed by atoms with Crippen molar-refractivity contribution in [1.82, 2.24) is 4.90 Å². The van der Waals surface area contributed by atoms with Crippen LogP contribution in [0, 0.1) is 11.3 Å². The molecule has 0 unspecified atom stereocenters. The quantitative estimate of drug-likeness (QED) is 0.635. The molecule has 104 valence electrons. The first-order valence-electron chi connectivity index (χ1n) is 7.53. The molecule has 2 nitrogen and oxygen atoms in total. The van der Waals surface area contributed by atoms with Crippen LogP contribution in [0.5, 0.6) is 0 Å². The van der Waals surface area contributed by atoms with Crippen LogP contribution in [-0.4, -0.2) is 31.1 Å². The van der Waals surface area contributed by atoms with Crippen LogP contribution in [0.2, 0.25) is 0 Å². The largest absolute Gasteiger partial charge is 0.330 e. The topological polar surface area (TPSA) is 29.3 Å². The molecule has 17 heavy (non-hydrogen) atoms. The Labute approximate surface area is 109 Å². The lowest BCUT2D eigenvalue weighted by Gasteiger charge is -2.37. The van der Waals surface area contributed by atoms with Gasteiger partial charge in [0.1, 0.15) is 0 Å². The zero-order valence-electron chi connectivity index (χ0n) is 12.8. The highest BCUT2D eigenvalue weighted by atomic mass is 15.1. The Kier molecular flexibility index (Phi) is 8.89. The van der Waals surface area contributed by atoms with Gasteiger partial charge in [-0.25, -0.2) is 0 Å². The minimum Gasteiger partial charge on any atom is -0.330 e. The maximum absolute atomic E-state index is 6.00. The van der Waals surface area contributed by atoms with E-state index in [-0.39, 0.29) is 0 Å². The third kappa shape index (κ3) is 5.39. The summed E-state index contributed by atoms with van der Waals surface area (Å²) < 4.78 is 0. The molecule has 0 aliphatic rings. The minimum atomic E-state index is 0.335. The van der Waals surface area contributed by atoms with Crippen molar-refractivity contribution >= 4 is 0 Å². The maximum atomic E-state index is 6.00. The van der Waals surface area contributed by atoms with Gasteiger partial charge < -0.3 is 10.6 Å². The summed E-state index contributed by atoms with van der Waals surface area (Å²) in [5, 5.41) is 0. The number of rotatable bonds is 10. The van der Waals surface area contributed by atoms with Crippen molar-refractivity contribution in [2.24, 2.45) is 17.1 Å². The van der Waals surface area contributed by atoms with Gasteiger partial charge in [-0.15, -0.1) is 0 Å². The van der Waals surface area contributed by atoms with Crippen LogP contribution in [-0.2, 0) is 0 Å². The van der Waals surface area contributed by atoms with Crippen molar-refractivity contribution in [3.63, 3.8) is 0 Å². The molecule has 2 N–H and O–H groups in total. The van der Waals surface area contributed by atoms with Crippen LogP contribution >= 0.6 is 0 Å². The fourth-order valence-electron chi connectivity index (χ4n) is 2.52. The lowest BCUT2D eigenvalue weighted by Crippen LogP contribution is -2.43. The summed E-state index contributed by atoms with van der Waals surface area (Å²) in [4.78, 5) is 2.61. The predicted molar refractivity (Wildman–Crippen MR) is 78.3 cm³/mol. The molecule has 0 aliphatic heterocycles. The van der Waals surface area contributed by atoms with E-state index in [9.17, 15) is 0 Å². The summed E-state index contributed by atoms with van der Waals surface area (Å²) in [7, 11) is 0. The molecule has 0 aromatic rings. The Morgan fingerprint density at radius 2 is 1.53 bits per heavy atom. The van der Waals surface area contributed by atoms with E-state index in [1.165, 1.54) is 38.8 Å². The van der Waals surface area contributed by atoms with Gasteiger partial charge >= 0.3 is 0 Å². The summed E-state index contributed by atoms with van der Waals surface area (Å²) in [6.45, 7) is 15.8. The van der Waals surface area contributed by atoms with Crippen LogP contribution in [0.25, 0.3) is 0 Å². The summed E-state index contributed by atoms with van der Waals surface area (Å²) in [6.07, 6.45) is 4.97. The van der Waals surface area contributed by atoms with E-state index in [0.717, 1.165) is 19.0 Å². The van der Waals surface area contributed by atoms with Crippen LogP contribution in [0.15, 0.2) is 0 Å². The number of nitrogens with two attached hydrogens (primary N) is 1. The van der Waals surface area contributed by atoms with Gasteiger partial charge in [-0.2, -0.15) is 0 Å². The smallest absolute Gasteiger partial charge is 0.00499 e. The lowest BCUT2D eigenvalue weighted by molar-refractivity contribution is 0.130. The molecule has 0 saturated heterocycles. The van der Waals surface area contributed by atoms with Crippen LogP contribution < -0.4 is 5.73 Å². The third-order valence-electron chi connectivity index (χ3n) is 4.61. The van der Waals surface area contributed by atoms with Gasteiger partial charge in [0.05, 0.1) is 0 Å². The second kappa shape index (κ2) is 8.93. The van der Waals surface area contributed by atoms with Crippen molar-refractivity contribution in [2.75, 3.05) is 26.2 Å². The second-order valence-corrected chi connectivity index (χ2v) is 5.42. The Hall–Kier alpha value is -0.0800. The highest BCUT2D eigenvalue weighted by Crippen LogP contribution is 2.26. The van der Waals surface area contributed by atoms with Gasteiger partial charge in [-0.3, -0.25) is 0 Å². The number of hydrogen-bond donors (Lipinski definition) is 1. The number of hydrogen-bond acceptors (Lipinski definition) is 2. The molecular weight excluding hydrogens is 208 g/mol. The molecule has 0 spiro atoms. The minimum absolute atomic E-state index is 0.335. The number of nitrogens with zero attached hydrogens (tertiary/aromatic N) is 1. The fourth-order valence-corrected chi connectivity index (χ4v) is 2.52. The zero-order chi connectivity index (χ0) is 13.3. The summed E-state index contributed by atoms with van der Waals surface area (Å²) in [5.41, 5.74) is 6.34. The molecule has 0 rings (SSSR count). The first kappa shape index (κ1) is 16.9. The van der Waals surface area contributed by atoms with Crippen molar-refractivity contribution in [3.8, 4) is 0 Å². The first-order valence-corrected chi connectivity index (χ1v) is 7.53. The van der Waals surface area contributed by atoms with E-state index >= 15 is 0 Å². The van der Waals surface area contributed by atoms with E-state index in [0.29, 0.717) is 5.41 Å². The Morgan fingerprint density at radius 1 is 1.00 bits per heavy atom. The highest BCUT2D eigenvalue weighted by molar-refractivity contribution is 4.82. The lowest BCUT2D eigenvalue weighted by atomic mass is 9.81. The Bertz CT molecular complexity index is 163. The molecule has 0 radical (unpaired) electrons. The molecule has 0 bridgehead atoms. The molecule has 0 saturated carbocycles. The molecule has 0 heterocycles. The van der Waals surface area contributed by atoms with E-state index < -0.39 is 0 Å². The summed E-state index contributed by atoms with van der Waals surface area (Å²) in [5.74, 6) is 0.846. The van der Waals surface area contributed by atoms with E-state index in [4.69, 9.17) is 5.73 Å². The van der Waals surface area contributed by atoms with Gasteiger partial charge in [-0.1, -0.05) is 47.5 Å². The maximum Gasteiger partial charge on any atom is 0.00499 e. The monoisotopic (exact) mass is 242 g/mol. The average Bonchev–Trinajstić information content (AvgIpc) is 2.40. The first-order chi connectivity index (χ1) is 8.11. The zero-order valence-corrected chi connectivity index (χ0v) is 12.8. The second-order valence-electron chi connectivity index (χ2n) is 5.42. The third-order valence-corrected chi connectivity index (χ3v) is 4.61. The fraction of sp³-hybridized carbons (Fsp3) is 1.00. The molecule has 0 amide bonds. The van der Waals surface area contributed by atoms with Gasteiger partial charge in [0, 0.05) is 13.1 Å². The Morgan fingerprint density at radius 3 is 1.82 bits per heavy atom. The molecule has 0 fully saturated rings. The van der Waals surface area contributed by atoms with Crippen LogP contribution in [0.4, 0.5) is 0 Å². The van der Waals surface area contributed by atoms with Gasteiger partial charge in [0.2, 0.25) is 0 Å². The van der Waals surface area contributed by atoms with Crippen LogP contribution in [0.1, 0.15) is 60.3 Å². The molecule has 0 aromatic heterocycles. The molecule has 0 aliphatic carbocycles. The van der Waals surface area contributed by atoms with Gasteiger partial charge in [0.15, 0.2) is 0 Å². The van der Waals surface area contributed by atoms with E-state index in [1.807, 2.05) is 0 Å². The van der Waals surface area contributed by atoms with Crippen LogP contribution in [0.3, 0.4) is 0 Å². The summed E-state index contributed by atoms with van der Waals surface area (Å²) in [6, 6.07) is 0. The van der Waals surface area contributed by atoms with E-state index in [1.54, 1.807) is 0 Å². The molecular formula is C15H34N2. The van der Waals surface area contributed by atoms with Crippen molar-refractivity contribution in [3.05, 3.63) is 0 Å². The van der Waals surface area contributed by atoms with Crippen molar-refractivity contribution < 1.29 is 0 Å². The average molecular weight is 242 g/mol. The highest BCUT2D eigenvalue weighted by Gasteiger charge is 2.27. The Balaban J connectivity index is 4.45. The molecule has 2 heteroatoms.